The lowest BCUT2D eigenvalue weighted by Crippen LogP contribution is -2.41. The third kappa shape index (κ3) is 4.01. The molecule has 1 aromatic carbocycles. The summed E-state index contributed by atoms with van der Waals surface area (Å²) < 4.78 is 13.1. The van der Waals surface area contributed by atoms with Crippen LogP contribution in [0.15, 0.2) is 42.5 Å². The molecule has 1 atom stereocenters. The van der Waals surface area contributed by atoms with Gasteiger partial charge in [-0.2, -0.15) is 4.39 Å². The average Bonchev–Trinajstić information content (AvgIpc) is 2.60. The SMILES string of the molecule is NC(=O)[C@@H]1CCCN(c2ccc(CNc3cccc(F)n3)cc2)C1. The van der Waals surface area contributed by atoms with Crippen LogP contribution < -0.4 is 16.0 Å². The molecule has 0 unspecified atom stereocenters. The lowest BCUT2D eigenvalue weighted by Gasteiger charge is -2.33. The Kier molecular flexibility index (Phi) is 4.93. The highest BCUT2D eigenvalue weighted by Crippen LogP contribution is 2.23. The quantitative estimate of drug-likeness (QED) is 0.828. The number of nitrogens with two attached hydrogens (primary N) is 1. The number of nitrogens with zero attached hydrogens (tertiary/aromatic N) is 2. The van der Waals surface area contributed by atoms with Crippen molar-refractivity contribution in [1.82, 2.24) is 4.98 Å². The van der Waals surface area contributed by atoms with E-state index in [1.807, 2.05) is 24.3 Å². The van der Waals surface area contributed by atoms with Gasteiger partial charge in [0, 0.05) is 25.3 Å². The second kappa shape index (κ2) is 7.29. The number of amides is 1. The van der Waals surface area contributed by atoms with Crippen LogP contribution in [0.3, 0.4) is 0 Å². The van der Waals surface area contributed by atoms with Crippen LogP contribution in [0.25, 0.3) is 0 Å². The van der Waals surface area contributed by atoms with Gasteiger partial charge in [-0.15, -0.1) is 0 Å². The Balaban J connectivity index is 1.60. The number of hydrogen-bond donors (Lipinski definition) is 2. The van der Waals surface area contributed by atoms with Gasteiger partial charge in [0.25, 0.3) is 0 Å². The van der Waals surface area contributed by atoms with Crippen LogP contribution in [0.1, 0.15) is 18.4 Å². The van der Waals surface area contributed by atoms with E-state index < -0.39 is 5.95 Å². The van der Waals surface area contributed by atoms with Crippen molar-refractivity contribution in [3.05, 3.63) is 54.0 Å². The number of carbonyl (C=O) groups excluding carboxylic acids is 1. The van der Waals surface area contributed by atoms with Gasteiger partial charge < -0.3 is 16.0 Å². The number of pyridine rings is 1. The van der Waals surface area contributed by atoms with Crippen LogP contribution in [0.2, 0.25) is 0 Å². The number of aromatic nitrogens is 1. The van der Waals surface area contributed by atoms with Crippen molar-refractivity contribution in [1.29, 1.82) is 0 Å². The van der Waals surface area contributed by atoms with Crippen molar-refractivity contribution < 1.29 is 9.18 Å². The molecule has 0 saturated carbocycles. The van der Waals surface area contributed by atoms with Gasteiger partial charge in [0.2, 0.25) is 11.9 Å². The largest absolute Gasteiger partial charge is 0.371 e. The molecule has 1 saturated heterocycles. The zero-order chi connectivity index (χ0) is 16.9. The van der Waals surface area contributed by atoms with Crippen LogP contribution in [0.4, 0.5) is 15.9 Å². The smallest absolute Gasteiger partial charge is 0.222 e. The summed E-state index contributed by atoms with van der Waals surface area (Å²) >= 11 is 0. The summed E-state index contributed by atoms with van der Waals surface area (Å²) in [5.74, 6) is -0.272. The molecule has 0 bridgehead atoms. The fourth-order valence-corrected chi connectivity index (χ4v) is 2.97. The van der Waals surface area contributed by atoms with E-state index in [0.717, 1.165) is 30.6 Å². The van der Waals surface area contributed by atoms with Gasteiger partial charge in [-0.25, -0.2) is 4.98 Å². The Morgan fingerprint density at radius 2 is 2.08 bits per heavy atom. The third-order valence-electron chi connectivity index (χ3n) is 4.31. The lowest BCUT2D eigenvalue weighted by atomic mass is 9.97. The Morgan fingerprint density at radius 1 is 1.29 bits per heavy atom. The topological polar surface area (TPSA) is 71.2 Å². The van der Waals surface area contributed by atoms with Crippen molar-refractivity contribution in [3.63, 3.8) is 0 Å². The fraction of sp³-hybridized carbons (Fsp3) is 0.333. The third-order valence-corrected chi connectivity index (χ3v) is 4.31. The number of rotatable bonds is 5. The fourth-order valence-electron chi connectivity index (χ4n) is 2.97. The summed E-state index contributed by atoms with van der Waals surface area (Å²) in [6.07, 6.45) is 1.84. The second-order valence-corrected chi connectivity index (χ2v) is 6.05. The van der Waals surface area contributed by atoms with Gasteiger partial charge in [-0.1, -0.05) is 18.2 Å². The van der Waals surface area contributed by atoms with Crippen molar-refractivity contribution in [2.45, 2.75) is 19.4 Å². The van der Waals surface area contributed by atoms with E-state index in [2.05, 4.69) is 15.2 Å². The summed E-state index contributed by atoms with van der Waals surface area (Å²) in [4.78, 5) is 17.4. The van der Waals surface area contributed by atoms with Crippen LogP contribution in [0.5, 0.6) is 0 Å². The summed E-state index contributed by atoms with van der Waals surface area (Å²) in [5, 5.41) is 3.10. The highest BCUT2D eigenvalue weighted by Gasteiger charge is 2.23. The monoisotopic (exact) mass is 328 g/mol. The zero-order valence-corrected chi connectivity index (χ0v) is 13.4. The first kappa shape index (κ1) is 16.2. The molecule has 6 heteroatoms. The first-order valence-corrected chi connectivity index (χ1v) is 8.11. The Hall–Kier alpha value is -2.63. The van der Waals surface area contributed by atoms with Crippen LogP contribution >= 0.6 is 0 Å². The molecule has 3 rings (SSSR count). The zero-order valence-electron chi connectivity index (χ0n) is 13.4. The van der Waals surface area contributed by atoms with Crippen LogP contribution in [-0.2, 0) is 11.3 Å². The maximum atomic E-state index is 13.1. The molecule has 0 spiro atoms. The molecular formula is C18H21FN4O. The summed E-state index contributed by atoms with van der Waals surface area (Å²) in [5.41, 5.74) is 7.60. The summed E-state index contributed by atoms with van der Waals surface area (Å²) in [6, 6.07) is 12.8. The van der Waals surface area contributed by atoms with Crippen LogP contribution in [0, 0.1) is 11.9 Å². The number of hydrogen-bond acceptors (Lipinski definition) is 4. The van der Waals surface area contributed by atoms with E-state index in [1.165, 1.54) is 6.07 Å². The Morgan fingerprint density at radius 3 is 2.79 bits per heavy atom. The minimum Gasteiger partial charge on any atom is -0.371 e. The predicted molar refractivity (Wildman–Crippen MR) is 92.1 cm³/mol. The van der Waals surface area contributed by atoms with Gasteiger partial charge in [-0.05, 0) is 42.7 Å². The predicted octanol–water partition coefficient (Wildman–Crippen LogP) is 2.53. The molecule has 0 radical (unpaired) electrons. The van der Waals surface area contributed by atoms with Crippen LogP contribution in [-0.4, -0.2) is 24.0 Å². The van der Waals surface area contributed by atoms with Gasteiger partial charge in [-0.3, -0.25) is 4.79 Å². The van der Waals surface area contributed by atoms with Crippen molar-refractivity contribution in [3.8, 4) is 0 Å². The van der Waals surface area contributed by atoms with Gasteiger partial charge in [0.1, 0.15) is 5.82 Å². The lowest BCUT2D eigenvalue weighted by molar-refractivity contribution is -0.122. The molecule has 2 aromatic rings. The Labute approximate surface area is 140 Å². The van der Waals surface area contributed by atoms with E-state index in [0.29, 0.717) is 18.9 Å². The van der Waals surface area contributed by atoms with Crippen molar-refractivity contribution in [2.75, 3.05) is 23.3 Å². The van der Waals surface area contributed by atoms with Crippen molar-refractivity contribution >= 4 is 17.4 Å². The molecule has 126 valence electrons. The standard InChI is InChI=1S/C18H21FN4O/c19-16-4-1-5-17(22-16)21-11-13-6-8-15(9-7-13)23-10-2-3-14(12-23)18(20)24/h1,4-9,14H,2-3,10-12H2,(H2,20,24)(H,21,22)/t14-/m1/s1. The molecule has 3 N–H and O–H groups in total. The normalized spacial score (nSPS) is 17.5. The molecule has 1 fully saturated rings. The van der Waals surface area contributed by atoms with Crippen molar-refractivity contribution in [2.24, 2.45) is 11.7 Å². The molecule has 0 aliphatic carbocycles. The molecule has 2 heterocycles. The first-order valence-electron chi connectivity index (χ1n) is 8.11. The minimum atomic E-state index is -0.496. The maximum absolute atomic E-state index is 13.1. The molecule has 1 aliphatic heterocycles. The first-order chi connectivity index (χ1) is 11.6. The molecule has 5 nitrogen and oxygen atoms in total. The van der Waals surface area contributed by atoms with Gasteiger partial charge in [0.15, 0.2) is 0 Å². The molecule has 1 aliphatic rings. The number of carbonyl (C=O) groups is 1. The highest BCUT2D eigenvalue weighted by atomic mass is 19.1. The number of piperidine rings is 1. The second-order valence-electron chi connectivity index (χ2n) is 6.05. The number of nitrogens with one attached hydrogen (secondary N) is 1. The van der Waals surface area contributed by atoms with E-state index >= 15 is 0 Å². The average molecular weight is 328 g/mol. The highest BCUT2D eigenvalue weighted by molar-refractivity contribution is 5.77. The number of halogens is 1. The molecule has 1 amide bonds. The van der Waals surface area contributed by atoms with E-state index in [9.17, 15) is 9.18 Å². The number of benzene rings is 1. The summed E-state index contributed by atoms with van der Waals surface area (Å²) in [7, 11) is 0. The minimum absolute atomic E-state index is 0.0702. The molecule has 1 aromatic heterocycles. The van der Waals surface area contributed by atoms with E-state index in [4.69, 9.17) is 5.73 Å². The number of anilines is 2. The van der Waals surface area contributed by atoms with Gasteiger partial charge in [0.05, 0.1) is 5.92 Å². The van der Waals surface area contributed by atoms with E-state index in [-0.39, 0.29) is 11.8 Å². The maximum Gasteiger partial charge on any atom is 0.222 e. The van der Waals surface area contributed by atoms with E-state index in [1.54, 1.807) is 12.1 Å². The molecular weight excluding hydrogens is 307 g/mol. The number of primary amides is 1. The molecule has 24 heavy (non-hydrogen) atoms. The van der Waals surface area contributed by atoms with Gasteiger partial charge >= 0.3 is 0 Å². The summed E-state index contributed by atoms with van der Waals surface area (Å²) in [6.45, 7) is 2.19. The Bertz CT molecular complexity index is 704.